The monoisotopic (exact) mass is 394 g/mol. The minimum absolute atomic E-state index is 0.117. The van der Waals surface area contributed by atoms with Gasteiger partial charge in [0.05, 0.1) is 18.5 Å². The van der Waals surface area contributed by atoms with Gasteiger partial charge in [-0.25, -0.2) is 9.37 Å². The predicted octanol–water partition coefficient (Wildman–Crippen LogP) is 4.50. The van der Waals surface area contributed by atoms with Crippen LogP contribution in [0.15, 0.2) is 64.8 Å². The van der Waals surface area contributed by atoms with Gasteiger partial charge in [0.15, 0.2) is 0 Å². The Bertz CT molecular complexity index is 1170. The molecule has 0 aliphatic heterocycles. The van der Waals surface area contributed by atoms with E-state index in [1.54, 1.807) is 29.9 Å². The molecule has 0 saturated heterocycles. The molecule has 28 heavy (non-hydrogen) atoms. The minimum atomic E-state index is -0.300. The largest absolute Gasteiger partial charge is 0.383 e. The van der Waals surface area contributed by atoms with Crippen LogP contribution in [0.5, 0.6) is 0 Å². The van der Waals surface area contributed by atoms with Gasteiger partial charge >= 0.3 is 0 Å². The summed E-state index contributed by atoms with van der Waals surface area (Å²) in [4.78, 5) is 18.8. The molecule has 0 aliphatic rings. The lowest BCUT2D eigenvalue weighted by atomic mass is 10.1. The maximum atomic E-state index is 14.2. The van der Waals surface area contributed by atoms with Gasteiger partial charge in [-0.05, 0) is 17.2 Å². The molecule has 0 N–H and O–H groups in total. The number of rotatable bonds is 6. The van der Waals surface area contributed by atoms with Gasteiger partial charge in [-0.3, -0.25) is 9.36 Å². The lowest BCUT2D eigenvalue weighted by Crippen LogP contribution is -2.27. The Morgan fingerprint density at radius 3 is 2.61 bits per heavy atom. The molecule has 0 bridgehead atoms. The summed E-state index contributed by atoms with van der Waals surface area (Å²) in [5, 5.41) is 2.56. The zero-order valence-corrected chi connectivity index (χ0v) is 16.2. The molecule has 0 saturated carbocycles. The molecule has 0 unspecified atom stereocenters. The highest BCUT2D eigenvalue weighted by atomic mass is 32.1. The average molecular weight is 394 g/mol. The number of methoxy groups -OCH3 is 1. The molecule has 0 fully saturated rings. The van der Waals surface area contributed by atoms with E-state index in [0.717, 1.165) is 11.1 Å². The van der Waals surface area contributed by atoms with Crippen LogP contribution in [0.25, 0.3) is 21.3 Å². The second-order valence-corrected chi connectivity index (χ2v) is 7.30. The molecule has 142 valence electrons. The lowest BCUT2D eigenvalue weighted by Gasteiger charge is -2.13. The molecule has 0 amide bonds. The quantitative estimate of drug-likeness (QED) is 0.484. The molecular formula is C22H19FN2O2S. The van der Waals surface area contributed by atoms with E-state index in [0.29, 0.717) is 34.8 Å². The van der Waals surface area contributed by atoms with E-state index < -0.39 is 0 Å². The summed E-state index contributed by atoms with van der Waals surface area (Å²) in [5.74, 6) is 0.243. The molecule has 6 heteroatoms. The van der Waals surface area contributed by atoms with Crippen molar-refractivity contribution in [2.45, 2.75) is 13.0 Å². The van der Waals surface area contributed by atoms with Crippen molar-refractivity contribution in [3.63, 3.8) is 0 Å². The van der Waals surface area contributed by atoms with Crippen LogP contribution >= 0.6 is 11.3 Å². The number of hydrogen-bond donors (Lipinski definition) is 0. The SMILES string of the molecule is COCCn1c(Cc2ccccc2F)nc2scc(-c3ccccc3)c2c1=O. The van der Waals surface area contributed by atoms with E-state index in [9.17, 15) is 9.18 Å². The number of aromatic nitrogens is 2. The number of halogens is 1. The fourth-order valence-electron chi connectivity index (χ4n) is 3.26. The van der Waals surface area contributed by atoms with Gasteiger partial charge < -0.3 is 4.74 Å². The fraction of sp³-hybridized carbons (Fsp3) is 0.182. The van der Waals surface area contributed by atoms with Gasteiger partial charge in [0.1, 0.15) is 16.5 Å². The third-order valence-electron chi connectivity index (χ3n) is 4.68. The van der Waals surface area contributed by atoms with Gasteiger partial charge in [-0.15, -0.1) is 11.3 Å². The smallest absolute Gasteiger partial charge is 0.262 e. The van der Waals surface area contributed by atoms with Gasteiger partial charge in [0, 0.05) is 24.5 Å². The van der Waals surface area contributed by atoms with E-state index in [4.69, 9.17) is 9.72 Å². The highest BCUT2D eigenvalue weighted by Crippen LogP contribution is 2.31. The molecule has 2 aromatic heterocycles. The Morgan fingerprint density at radius 2 is 1.86 bits per heavy atom. The van der Waals surface area contributed by atoms with Crippen molar-refractivity contribution in [3.8, 4) is 11.1 Å². The van der Waals surface area contributed by atoms with Gasteiger partial charge in [0.2, 0.25) is 0 Å². The first-order valence-electron chi connectivity index (χ1n) is 8.97. The Balaban J connectivity index is 1.88. The average Bonchev–Trinajstić information content (AvgIpc) is 3.14. The van der Waals surface area contributed by atoms with Crippen molar-refractivity contribution >= 4 is 21.6 Å². The molecule has 4 nitrogen and oxygen atoms in total. The van der Waals surface area contributed by atoms with E-state index in [1.807, 2.05) is 35.7 Å². The van der Waals surface area contributed by atoms with Crippen molar-refractivity contribution in [3.05, 3.63) is 87.5 Å². The standard InChI is InChI=1S/C22H19FN2O2S/c1-27-12-11-25-19(13-16-9-5-6-10-18(16)23)24-21-20(22(25)26)17(14-28-21)15-7-3-2-4-8-15/h2-10,14H,11-13H2,1H3. The van der Waals surface area contributed by atoms with Crippen molar-refractivity contribution in [1.82, 2.24) is 9.55 Å². The maximum absolute atomic E-state index is 14.2. The summed E-state index contributed by atoms with van der Waals surface area (Å²) in [6.45, 7) is 0.744. The Morgan fingerprint density at radius 1 is 1.11 bits per heavy atom. The van der Waals surface area contributed by atoms with E-state index >= 15 is 0 Å². The molecule has 4 rings (SSSR count). The summed E-state index contributed by atoms with van der Waals surface area (Å²) in [6, 6.07) is 16.4. The zero-order chi connectivity index (χ0) is 19.5. The van der Waals surface area contributed by atoms with Crippen LogP contribution in [0, 0.1) is 5.82 Å². The zero-order valence-electron chi connectivity index (χ0n) is 15.4. The predicted molar refractivity (Wildman–Crippen MR) is 110 cm³/mol. The topological polar surface area (TPSA) is 44.1 Å². The maximum Gasteiger partial charge on any atom is 0.262 e. The molecule has 0 atom stereocenters. The number of hydrogen-bond acceptors (Lipinski definition) is 4. The Hall–Kier alpha value is -2.83. The van der Waals surface area contributed by atoms with E-state index in [2.05, 4.69) is 0 Å². The van der Waals surface area contributed by atoms with Gasteiger partial charge in [-0.1, -0.05) is 48.5 Å². The third kappa shape index (κ3) is 3.48. The molecule has 0 radical (unpaired) electrons. The van der Waals surface area contributed by atoms with Crippen molar-refractivity contribution in [2.75, 3.05) is 13.7 Å². The van der Waals surface area contributed by atoms with Gasteiger partial charge in [0.25, 0.3) is 5.56 Å². The first-order valence-corrected chi connectivity index (χ1v) is 9.85. The summed E-state index contributed by atoms with van der Waals surface area (Å²) < 4.78 is 20.9. The Kier molecular flexibility index (Phi) is 5.32. The first-order chi connectivity index (χ1) is 13.7. The summed E-state index contributed by atoms with van der Waals surface area (Å²) in [5.41, 5.74) is 2.25. The molecule has 2 aromatic carbocycles. The van der Waals surface area contributed by atoms with Crippen LogP contribution in [-0.2, 0) is 17.7 Å². The Labute approximate surface area is 165 Å². The van der Waals surface area contributed by atoms with Gasteiger partial charge in [-0.2, -0.15) is 0 Å². The number of nitrogens with zero attached hydrogens (tertiary/aromatic N) is 2. The van der Waals surface area contributed by atoms with E-state index in [-0.39, 0.29) is 17.8 Å². The fourth-order valence-corrected chi connectivity index (χ4v) is 4.21. The summed E-state index contributed by atoms with van der Waals surface area (Å²) in [6.07, 6.45) is 0.250. The number of fused-ring (bicyclic) bond motifs is 1. The molecular weight excluding hydrogens is 375 g/mol. The van der Waals surface area contributed by atoms with Crippen LogP contribution in [0.2, 0.25) is 0 Å². The normalized spacial score (nSPS) is 11.2. The van der Waals surface area contributed by atoms with E-state index in [1.165, 1.54) is 17.4 Å². The number of benzene rings is 2. The van der Waals surface area contributed by atoms with Crippen LogP contribution in [-0.4, -0.2) is 23.3 Å². The van der Waals surface area contributed by atoms with Crippen LogP contribution < -0.4 is 5.56 Å². The highest BCUT2D eigenvalue weighted by Gasteiger charge is 2.18. The second-order valence-electron chi connectivity index (χ2n) is 6.44. The number of thiophene rings is 1. The summed E-state index contributed by atoms with van der Waals surface area (Å²) in [7, 11) is 1.59. The van der Waals surface area contributed by atoms with Crippen molar-refractivity contribution in [1.29, 1.82) is 0 Å². The number of ether oxygens (including phenoxy) is 1. The molecule has 4 aromatic rings. The molecule has 0 aliphatic carbocycles. The second kappa shape index (κ2) is 8.04. The van der Waals surface area contributed by atoms with Crippen LogP contribution in [0.1, 0.15) is 11.4 Å². The van der Waals surface area contributed by atoms with Crippen LogP contribution in [0.4, 0.5) is 4.39 Å². The van der Waals surface area contributed by atoms with Crippen LogP contribution in [0.3, 0.4) is 0 Å². The summed E-state index contributed by atoms with van der Waals surface area (Å²) >= 11 is 1.43. The third-order valence-corrected chi connectivity index (χ3v) is 5.56. The molecule has 2 heterocycles. The first kappa shape index (κ1) is 18.5. The molecule has 0 spiro atoms. The minimum Gasteiger partial charge on any atom is -0.383 e. The van der Waals surface area contributed by atoms with Crippen molar-refractivity contribution < 1.29 is 9.13 Å². The lowest BCUT2D eigenvalue weighted by molar-refractivity contribution is 0.185. The highest BCUT2D eigenvalue weighted by molar-refractivity contribution is 7.17. The van der Waals surface area contributed by atoms with Crippen molar-refractivity contribution in [2.24, 2.45) is 0 Å².